The summed E-state index contributed by atoms with van der Waals surface area (Å²) in [4.78, 5) is 6.90. The SMILES string of the molecule is Cc1ccc2c(c1)c1c(n2CCc2ccncc2)CCN(C2CCNCC2)C1.Cl.Cl.Cl. The highest BCUT2D eigenvalue weighted by atomic mass is 35.5. The van der Waals surface area contributed by atoms with E-state index in [9.17, 15) is 0 Å². The van der Waals surface area contributed by atoms with Gasteiger partial charge in [-0.2, -0.15) is 0 Å². The molecule has 170 valence electrons. The summed E-state index contributed by atoms with van der Waals surface area (Å²) in [6.45, 7) is 7.91. The summed E-state index contributed by atoms with van der Waals surface area (Å²) in [7, 11) is 0. The third-order valence-electron chi connectivity index (χ3n) is 6.64. The fourth-order valence-electron chi connectivity index (χ4n) is 5.11. The van der Waals surface area contributed by atoms with Crippen molar-refractivity contribution in [1.82, 2.24) is 19.8 Å². The van der Waals surface area contributed by atoms with E-state index in [1.165, 1.54) is 60.9 Å². The van der Waals surface area contributed by atoms with E-state index >= 15 is 0 Å². The van der Waals surface area contributed by atoms with Crippen LogP contribution < -0.4 is 5.32 Å². The summed E-state index contributed by atoms with van der Waals surface area (Å²) in [5.41, 5.74) is 7.29. The molecule has 0 aliphatic carbocycles. The van der Waals surface area contributed by atoms with Crippen LogP contribution in [-0.4, -0.2) is 40.1 Å². The number of pyridine rings is 1. The standard InChI is InChI=1S/C24H30N4.3ClH/c1-18-2-3-23-21(16-18)22-17-27(20-6-12-26-13-7-20)14-9-24(22)28(23)15-8-19-4-10-25-11-5-19;;;/h2-5,10-11,16,20,26H,6-9,12-15,17H2,1H3;3*1H. The highest BCUT2D eigenvalue weighted by molar-refractivity contribution is 5.86. The number of nitrogens with zero attached hydrogens (tertiary/aromatic N) is 3. The molecule has 0 amide bonds. The van der Waals surface area contributed by atoms with E-state index in [1.807, 2.05) is 12.4 Å². The van der Waals surface area contributed by atoms with Crippen molar-refractivity contribution in [2.75, 3.05) is 19.6 Å². The van der Waals surface area contributed by atoms with Crippen LogP contribution in [0.2, 0.25) is 0 Å². The van der Waals surface area contributed by atoms with Gasteiger partial charge in [0.25, 0.3) is 0 Å². The molecule has 0 radical (unpaired) electrons. The molecule has 7 heteroatoms. The molecule has 5 rings (SSSR count). The number of fused-ring (bicyclic) bond motifs is 3. The zero-order valence-corrected chi connectivity index (χ0v) is 20.5. The average molecular weight is 484 g/mol. The molecule has 0 spiro atoms. The van der Waals surface area contributed by atoms with Crippen LogP contribution >= 0.6 is 37.2 Å². The Kier molecular flexibility index (Phi) is 9.66. The number of hydrogen-bond donors (Lipinski definition) is 1. The highest BCUT2D eigenvalue weighted by Gasteiger charge is 2.28. The molecule has 0 atom stereocenters. The van der Waals surface area contributed by atoms with Crippen LogP contribution in [0.15, 0.2) is 42.7 Å². The molecule has 4 nitrogen and oxygen atoms in total. The van der Waals surface area contributed by atoms with Crippen LogP contribution in [0.4, 0.5) is 0 Å². The number of rotatable bonds is 4. The minimum absolute atomic E-state index is 0. The van der Waals surface area contributed by atoms with E-state index in [2.05, 4.69) is 57.0 Å². The summed E-state index contributed by atoms with van der Waals surface area (Å²) in [6, 6.07) is 12.0. The summed E-state index contributed by atoms with van der Waals surface area (Å²) >= 11 is 0. The Hall–Kier alpha value is -1.30. The maximum absolute atomic E-state index is 4.16. The van der Waals surface area contributed by atoms with E-state index in [0.29, 0.717) is 0 Å². The summed E-state index contributed by atoms with van der Waals surface area (Å²) in [5.74, 6) is 0. The molecule has 31 heavy (non-hydrogen) atoms. The molecule has 1 saturated heterocycles. The first kappa shape index (κ1) is 26.0. The Morgan fingerprint density at radius 2 is 1.77 bits per heavy atom. The zero-order chi connectivity index (χ0) is 18.9. The van der Waals surface area contributed by atoms with Crippen LogP contribution in [0.1, 0.15) is 35.2 Å². The molecule has 2 aromatic heterocycles. The Morgan fingerprint density at radius 1 is 1.03 bits per heavy atom. The van der Waals surface area contributed by atoms with Gasteiger partial charge in [0.15, 0.2) is 0 Å². The molecule has 1 N–H and O–H groups in total. The lowest BCUT2D eigenvalue weighted by Crippen LogP contribution is -2.45. The van der Waals surface area contributed by atoms with Gasteiger partial charge in [0.1, 0.15) is 0 Å². The van der Waals surface area contributed by atoms with Crippen molar-refractivity contribution in [2.24, 2.45) is 0 Å². The first-order valence-corrected chi connectivity index (χ1v) is 10.7. The number of piperidine rings is 1. The monoisotopic (exact) mass is 482 g/mol. The Labute approximate surface area is 204 Å². The Morgan fingerprint density at radius 3 is 2.52 bits per heavy atom. The lowest BCUT2D eigenvalue weighted by molar-refractivity contribution is 0.146. The summed E-state index contributed by atoms with van der Waals surface area (Å²) < 4.78 is 2.60. The van der Waals surface area contributed by atoms with E-state index < -0.39 is 0 Å². The van der Waals surface area contributed by atoms with Crippen molar-refractivity contribution in [1.29, 1.82) is 0 Å². The summed E-state index contributed by atoms with van der Waals surface area (Å²) in [6.07, 6.45) is 8.61. The van der Waals surface area contributed by atoms with Crippen molar-refractivity contribution in [3.63, 3.8) is 0 Å². The molecular weight excluding hydrogens is 451 g/mol. The maximum atomic E-state index is 4.16. The number of aromatic nitrogens is 2. The smallest absolute Gasteiger partial charge is 0.0486 e. The largest absolute Gasteiger partial charge is 0.344 e. The third-order valence-corrected chi connectivity index (χ3v) is 6.64. The van der Waals surface area contributed by atoms with Crippen LogP contribution in [0.5, 0.6) is 0 Å². The molecule has 2 aliphatic rings. The van der Waals surface area contributed by atoms with E-state index in [1.54, 1.807) is 11.3 Å². The van der Waals surface area contributed by atoms with Crippen LogP contribution in [0.25, 0.3) is 10.9 Å². The van der Waals surface area contributed by atoms with Gasteiger partial charge in [0.2, 0.25) is 0 Å². The molecule has 1 fully saturated rings. The van der Waals surface area contributed by atoms with Gasteiger partial charge in [0, 0.05) is 61.1 Å². The number of hydrogen-bond acceptors (Lipinski definition) is 3. The Bertz CT molecular complexity index is 968. The van der Waals surface area contributed by atoms with Crippen LogP contribution in [-0.2, 0) is 25.9 Å². The van der Waals surface area contributed by atoms with Gasteiger partial charge < -0.3 is 9.88 Å². The number of aryl methyl sites for hydroxylation is 3. The van der Waals surface area contributed by atoms with Gasteiger partial charge in [-0.25, -0.2) is 0 Å². The third kappa shape index (κ3) is 5.37. The Balaban J connectivity index is 0.00000114. The predicted molar refractivity (Wildman–Crippen MR) is 136 cm³/mol. The first-order valence-electron chi connectivity index (χ1n) is 10.7. The van der Waals surface area contributed by atoms with Crippen LogP contribution in [0.3, 0.4) is 0 Å². The molecule has 0 bridgehead atoms. The van der Waals surface area contributed by atoms with Gasteiger partial charge in [-0.3, -0.25) is 9.88 Å². The fraction of sp³-hybridized carbons (Fsp3) is 0.458. The molecule has 2 aliphatic heterocycles. The average Bonchev–Trinajstić information content (AvgIpc) is 3.06. The van der Waals surface area contributed by atoms with E-state index in [4.69, 9.17) is 0 Å². The van der Waals surface area contributed by atoms with Crippen molar-refractivity contribution in [2.45, 2.75) is 51.7 Å². The van der Waals surface area contributed by atoms with Gasteiger partial charge in [-0.1, -0.05) is 11.6 Å². The fourth-order valence-corrected chi connectivity index (χ4v) is 5.11. The second kappa shape index (κ2) is 11.5. The predicted octanol–water partition coefficient (Wildman–Crippen LogP) is 4.96. The van der Waals surface area contributed by atoms with Gasteiger partial charge in [-0.05, 0) is 74.7 Å². The molecule has 4 heterocycles. The summed E-state index contributed by atoms with van der Waals surface area (Å²) in [5, 5.41) is 4.99. The zero-order valence-electron chi connectivity index (χ0n) is 18.0. The lowest BCUT2D eigenvalue weighted by atomic mass is 9.98. The quantitative estimate of drug-likeness (QED) is 0.569. The van der Waals surface area contributed by atoms with E-state index in [-0.39, 0.29) is 37.2 Å². The van der Waals surface area contributed by atoms with E-state index in [0.717, 1.165) is 25.6 Å². The molecule has 0 unspecified atom stereocenters. The molecule has 1 aromatic carbocycles. The van der Waals surface area contributed by atoms with Gasteiger partial charge in [0.05, 0.1) is 0 Å². The van der Waals surface area contributed by atoms with Crippen molar-refractivity contribution >= 4 is 48.1 Å². The molecule has 3 aromatic rings. The van der Waals surface area contributed by atoms with Crippen molar-refractivity contribution in [3.05, 3.63) is 65.1 Å². The minimum atomic E-state index is 0. The number of halogens is 3. The molecule has 0 saturated carbocycles. The minimum Gasteiger partial charge on any atom is -0.344 e. The van der Waals surface area contributed by atoms with Crippen molar-refractivity contribution < 1.29 is 0 Å². The topological polar surface area (TPSA) is 33.1 Å². The van der Waals surface area contributed by atoms with Gasteiger partial charge >= 0.3 is 0 Å². The highest BCUT2D eigenvalue weighted by Crippen LogP contribution is 2.33. The van der Waals surface area contributed by atoms with Gasteiger partial charge in [-0.15, -0.1) is 37.2 Å². The lowest BCUT2D eigenvalue weighted by Gasteiger charge is -2.37. The molecular formula is C24H33Cl3N4. The second-order valence-corrected chi connectivity index (χ2v) is 8.40. The second-order valence-electron chi connectivity index (χ2n) is 8.40. The maximum Gasteiger partial charge on any atom is 0.0486 e. The van der Waals surface area contributed by atoms with Crippen LogP contribution in [0, 0.1) is 6.92 Å². The van der Waals surface area contributed by atoms with Crippen molar-refractivity contribution in [3.8, 4) is 0 Å². The number of nitrogens with one attached hydrogen (secondary N) is 1. The normalized spacial score (nSPS) is 16.7. The number of benzene rings is 1. The first-order chi connectivity index (χ1) is 13.8.